The van der Waals surface area contributed by atoms with Crippen molar-refractivity contribution < 1.29 is 19.8 Å². The zero-order valence-corrected chi connectivity index (χ0v) is 8.87. The van der Waals surface area contributed by atoms with Crippen LogP contribution in [0.1, 0.15) is 16.9 Å². The molecule has 1 fully saturated rings. The van der Waals surface area contributed by atoms with Crippen LogP contribution in [0.5, 0.6) is 0 Å². The van der Waals surface area contributed by atoms with Crippen molar-refractivity contribution in [3.05, 3.63) is 21.9 Å². The van der Waals surface area contributed by atoms with Gasteiger partial charge in [-0.15, -0.1) is 11.3 Å². The van der Waals surface area contributed by atoms with Crippen LogP contribution in [0.3, 0.4) is 0 Å². The first-order valence-corrected chi connectivity index (χ1v) is 5.39. The number of carbonyl (C=O) groups is 2. The number of hydrogen-bond donors (Lipinski definition) is 2. The molecule has 1 aliphatic rings. The highest BCUT2D eigenvalue weighted by Crippen LogP contribution is 2.57. The molecule has 0 bridgehead atoms. The summed E-state index contributed by atoms with van der Waals surface area (Å²) in [5.41, 5.74) is -0.296. The summed E-state index contributed by atoms with van der Waals surface area (Å²) in [7, 11) is 0. The van der Waals surface area contributed by atoms with E-state index in [0.717, 1.165) is 5.56 Å². The summed E-state index contributed by atoms with van der Waals surface area (Å²) in [6, 6.07) is 1.82. The van der Waals surface area contributed by atoms with Gasteiger partial charge in [0.15, 0.2) is 0 Å². The molecule has 2 atom stereocenters. The van der Waals surface area contributed by atoms with Crippen LogP contribution in [0.2, 0.25) is 0 Å². The molecular weight excluding hydrogens is 216 g/mol. The van der Waals surface area contributed by atoms with Gasteiger partial charge in [0.25, 0.3) is 0 Å². The van der Waals surface area contributed by atoms with Gasteiger partial charge in [-0.05, 0) is 30.4 Å². The van der Waals surface area contributed by atoms with E-state index in [0.29, 0.717) is 4.88 Å². The molecular formula is C10H10O4S. The first-order chi connectivity index (χ1) is 7.00. The Bertz CT molecular complexity index is 436. The van der Waals surface area contributed by atoms with Crippen LogP contribution in [-0.4, -0.2) is 22.2 Å². The van der Waals surface area contributed by atoms with Crippen molar-refractivity contribution in [1.82, 2.24) is 0 Å². The number of hydrogen-bond acceptors (Lipinski definition) is 3. The lowest BCUT2D eigenvalue weighted by molar-refractivity contribution is -0.145. The maximum atomic E-state index is 11.2. The van der Waals surface area contributed by atoms with Crippen LogP contribution in [0, 0.1) is 12.8 Å². The van der Waals surface area contributed by atoms with Crippen LogP contribution >= 0.6 is 11.3 Å². The number of aryl methyl sites for hydroxylation is 1. The lowest BCUT2D eigenvalue weighted by atomic mass is 9.99. The Morgan fingerprint density at radius 3 is 2.53 bits per heavy atom. The molecule has 5 heteroatoms. The quantitative estimate of drug-likeness (QED) is 0.818. The molecule has 2 N–H and O–H groups in total. The highest BCUT2D eigenvalue weighted by molar-refractivity contribution is 7.10. The van der Waals surface area contributed by atoms with E-state index in [9.17, 15) is 9.59 Å². The molecule has 0 radical (unpaired) electrons. The molecule has 0 amide bonds. The van der Waals surface area contributed by atoms with Crippen LogP contribution in [-0.2, 0) is 15.0 Å². The summed E-state index contributed by atoms with van der Waals surface area (Å²) in [4.78, 5) is 22.7. The van der Waals surface area contributed by atoms with Crippen molar-refractivity contribution in [2.75, 3.05) is 0 Å². The van der Waals surface area contributed by atoms with Crippen molar-refractivity contribution in [2.24, 2.45) is 5.92 Å². The third-order valence-corrected chi connectivity index (χ3v) is 4.10. The number of aliphatic carboxylic acids is 2. The second kappa shape index (κ2) is 3.06. The molecule has 0 spiro atoms. The van der Waals surface area contributed by atoms with Crippen molar-refractivity contribution >= 4 is 23.3 Å². The van der Waals surface area contributed by atoms with Crippen LogP contribution < -0.4 is 0 Å². The molecule has 0 aromatic carbocycles. The second-order valence-electron chi connectivity index (χ2n) is 3.80. The van der Waals surface area contributed by atoms with Gasteiger partial charge in [-0.1, -0.05) is 0 Å². The first kappa shape index (κ1) is 10.2. The Kier molecular flexibility index (Phi) is 2.08. The van der Waals surface area contributed by atoms with Gasteiger partial charge < -0.3 is 10.2 Å². The fraction of sp³-hybridized carbons (Fsp3) is 0.400. The Morgan fingerprint density at radius 1 is 1.53 bits per heavy atom. The molecule has 1 aromatic heterocycles. The molecule has 1 saturated carbocycles. The van der Waals surface area contributed by atoms with Gasteiger partial charge in [0, 0.05) is 4.88 Å². The van der Waals surface area contributed by atoms with Gasteiger partial charge in [0.05, 0.1) is 5.92 Å². The van der Waals surface area contributed by atoms with Crippen LogP contribution in [0.4, 0.5) is 0 Å². The lowest BCUT2D eigenvalue weighted by Gasteiger charge is -2.09. The molecule has 80 valence electrons. The van der Waals surface area contributed by atoms with Crippen molar-refractivity contribution in [1.29, 1.82) is 0 Å². The fourth-order valence-corrected chi connectivity index (χ4v) is 3.16. The summed E-state index contributed by atoms with van der Waals surface area (Å²) in [6.45, 7) is 1.81. The number of thiophene rings is 1. The lowest BCUT2D eigenvalue weighted by Crippen LogP contribution is -2.24. The van der Waals surface area contributed by atoms with E-state index < -0.39 is 23.3 Å². The Balaban J connectivity index is 2.44. The fourth-order valence-electron chi connectivity index (χ4n) is 1.98. The van der Waals surface area contributed by atoms with E-state index in [1.165, 1.54) is 11.3 Å². The van der Waals surface area contributed by atoms with Gasteiger partial charge in [-0.2, -0.15) is 0 Å². The zero-order valence-electron chi connectivity index (χ0n) is 8.06. The molecule has 4 nitrogen and oxygen atoms in total. The third-order valence-electron chi connectivity index (χ3n) is 2.91. The van der Waals surface area contributed by atoms with E-state index in [1.54, 1.807) is 5.38 Å². The van der Waals surface area contributed by atoms with Gasteiger partial charge in [0.1, 0.15) is 5.41 Å². The maximum absolute atomic E-state index is 11.2. The predicted octanol–water partition coefficient (Wildman–Crippen LogP) is 1.48. The van der Waals surface area contributed by atoms with E-state index in [-0.39, 0.29) is 6.42 Å². The largest absolute Gasteiger partial charge is 0.481 e. The van der Waals surface area contributed by atoms with Gasteiger partial charge in [-0.3, -0.25) is 9.59 Å². The SMILES string of the molecule is Cc1ccsc1C1(C(=O)O)CC1C(=O)O. The molecule has 2 rings (SSSR count). The summed E-state index contributed by atoms with van der Waals surface area (Å²) >= 11 is 1.32. The minimum atomic E-state index is -1.16. The Hall–Kier alpha value is -1.36. The summed E-state index contributed by atoms with van der Waals surface area (Å²) in [5, 5.41) is 19.8. The van der Waals surface area contributed by atoms with Crippen molar-refractivity contribution in [2.45, 2.75) is 18.8 Å². The number of carboxylic acid groups (broad SMARTS) is 2. The van der Waals surface area contributed by atoms with E-state index in [2.05, 4.69) is 0 Å². The van der Waals surface area contributed by atoms with E-state index in [4.69, 9.17) is 10.2 Å². The molecule has 2 unspecified atom stereocenters. The average molecular weight is 226 g/mol. The van der Waals surface area contributed by atoms with Gasteiger partial charge >= 0.3 is 11.9 Å². The van der Waals surface area contributed by atoms with Gasteiger partial charge in [-0.25, -0.2) is 0 Å². The number of rotatable bonds is 3. The zero-order chi connectivity index (χ0) is 11.2. The smallest absolute Gasteiger partial charge is 0.315 e. The van der Waals surface area contributed by atoms with E-state index in [1.807, 2.05) is 13.0 Å². The maximum Gasteiger partial charge on any atom is 0.315 e. The van der Waals surface area contributed by atoms with Crippen molar-refractivity contribution in [3.8, 4) is 0 Å². The standard InChI is InChI=1S/C10H10O4S/c1-5-2-3-15-7(5)10(9(13)14)4-6(10)8(11)12/h2-3,6H,4H2,1H3,(H,11,12)(H,13,14). The summed E-state index contributed by atoms with van der Waals surface area (Å²) in [6.07, 6.45) is 0.207. The van der Waals surface area contributed by atoms with E-state index >= 15 is 0 Å². The Labute approximate surface area is 90.2 Å². The molecule has 1 aromatic rings. The molecule has 0 saturated heterocycles. The molecule has 0 aliphatic heterocycles. The second-order valence-corrected chi connectivity index (χ2v) is 4.72. The normalized spacial score (nSPS) is 28.7. The minimum Gasteiger partial charge on any atom is -0.481 e. The van der Waals surface area contributed by atoms with Crippen molar-refractivity contribution in [3.63, 3.8) is 0 Å². The molecule has 15 heavy (non-hydrogen) atoms. The van der Waals surface area contributed by atoms with Crippen LogP contribution in [0.15, 0.2) is 11.4 Å². The molecule has 1 aliphatic carbocycles. The predicted molar refractivity (Wildman–Crippen MR) is 54.1 cm³/mol. The minimum absolute atomic E-state index is 0.207. The Morgan fingerprint density at radius 2 is 2.20 bits per heavy atom. The molecule has 1 heterocycles. The summed E-state index contributed by atoms with van der Waals surface area (Å²) < 4.78 is 0. The summed E-state index contributed by atoms with van der Waals surface area (Å²) in [5.74, 6) is -2.82. The average Bonchev–Trinajstić information content (AvgIpc) is 2.78. The topological polar surface area (TPSA) is 74.6 Å². The first-order valence-electron chi connectivity index (χ1n) is 4.51. The third kappa shape index (κ3) is 1.26. The number of carboxylic acids is 2. The van der Waals surface area contributed by atoms with Gasteiger partial charge in [0.2, 0.25) is 0 Å². The monoisotopic (exact) mass is 226 g/mol. The highest BCUT2D eigenvalue weighted by atomic mass is 32.1. The van der Waals surface area contributed by atoms with Crippen LogP contribution in [0.25, 0.3) is 0 Å². The highest BCUT2D eigenvalue weighted by Gasteiger charge is 2.66.